The van der Waals surface area contributed by atoms with Crippen LogP contribution < -0.4 is 10.6 Å². The van der Waals surface area contributed by atoms with E-state index in [-0.39, 0.29) is 36.7 Å². The van der Waals surface area contributed by atoms with Gasteiger partial charge in [0.25, 0.3) is 0 Å². The molecule has 2 aliphatic heterocycles. The van der Waals surface area contributed by atoms with Gasteiger partial charge >= 0.3 is 6.03 Å². The minimum absolute atomic E-state index is 0.0124. The van der Waals surface area contributed by atoms with Gasteiger partial charge in [-0.05, 0) is 42.2 Å². The smallest absolute Gasteiger partial charge is 0.324 e. The van der Waals surface area contributed by atoms with Crippen molar-refractivity contribution in [1.29, 1.82) is 0 Å². The molecule has 33 heavy (non-hydrogen) atoms. The van der Waals surface area contributed by atoms with E-state index >= 15 is 0 Å². The Labute approximate surface area is 192 Å². The van der Waals surface area contributed by atoms with Gasteiger partial charge in [0.15, 0.2) is 0 Å². The highest BCUT2D eigenvalue weighted by atomic mass is 16.2. The molecular weight excluding hydrogens is 420 g/mol. The quantitative estimate of drug-likeness (QED) is 0.526. The molecule has 0 aliphatic carbocycles. The van der Waals surface area contributed by atoms with Crippen LogP contribution in [0.25, 0.3) is 6.08 Å². The summed E-state index contributed by atoms with van der Waals surface area (Å²) in [5.41, 5.74) is 2.34. The lowest BCUT2D eigenvalue weighted by Crippen LogP contribution is -2.40. The molecular formula is C25H26N4O4. The van der Waals surface area contributed by atoms with E-state index in [9.17, 15) is 19.2 Å². The Kier molecular flexibility index (Phi) is 6.83. The van der Waals surface area contributed by atoms with E-state index in [0.717, 1.165) is 16.0 Å². The molecule has 0 radical (unpaired) electrons. The van der Waals surface area contributed by atoms with Crippen molar-refractivity contribution >= 4 is 35.5 Å². The van der Waals surface area contributed by atoms with E-state index in [2.05, 4.69) is 10.6 Å². The molecule has 2 saturated heterocycles. The van der Waals surface area contributed by atoms with Crippen LogP contribution in [0.1, 0.15) is 24.0 Å². The van der Waals surface area contributed by atoms with E-state index in [1.165, 1.54) is 0 Å². The zero-order chi connectivity index (χ0) is 23.2. The van der Waals surface area contributed by atoms with E-state index in [1.54, 1.807) is 35.3 Å². The lowest BCUT2D eigenvalue weighted by molar-refractivity contribution is -0.130. The first-order valence-corrected chi connectivity index (χ1v) is 11.0. The molecule has 0 aromatic heterocycles. The normalized spacial score (nSPS) is 16.8. The van der Waals surface area contributed by atoms with Gasteiger partial charge in [-0.1, -0.05) is 42.5 Å². The average Bonchev–Trinajstić information content (AvgIpc) is 3.15. The molecule has 4 rings (SSSR count). The van der Waals surface area contributed by atoms with Crippen LogP contribution in [-0.2, 0) is 20.9 Å². The first-order chi connectivity index (χ1) is 16.0. The molecule has 0 spiro atoms. The van der Waals surface area contributed by atoms with E-state index < -0.39 is 6.03 Å². The number of likely N-dealkylation sites (tertiary alicyclic amines) is 1. The minimum Gasteiger partial charge on any atom is -0.339 e. The zero-order valence-electron chi connectivity index (χ0n) is 18.2. The van der Waals surface area contributed by atoms with Gasteiger partial charge in [-0.2, -0.15) is 0 Å². The summed E-state index contributed by atoms with van der Waals surface area (Å²) in [5.74, 6) is -0.587. The van der Waals surface area contributed by atoms with Crippen molar-refractivity contribution in [3.63, 3.8) is 0 Å². The van der Waals surface area contributed by atoms with Crippen LogP contribution >= 0.6 is 0 Å². The summed E-state index contributed by atoms with van der Waals surface area (Å²) in [5, 5.41) is 5.42. The fourth-order valence-corrected chi connectivity index (χ4v) is 3.99. The molecule has 2 heterocycles. The van der Waals surface area contributed by atoms with Crippen LogP contribution in [0, 0.1) is 5.92 Å². The van der Waals surface area contributed by atoms with Crippen molar-refractivity contribution in [2.75, 3.05) is 25.0 Å². The number of nitrogens with zero attached hydrogens (tertiary/aromatic N) is 2. The fourth-order valence-electron chi connectivity index (χ4n) is 3.99. The molecule has 2 aromatic rings. The second kappa shape index (κ2) is 10.1. The van der Waals surface area contributed by atoms with Crippen molar-refractivity contribution in [3.8, 4) is 0 Å². The lowest BCUT2D eigenvalue weighted by Gasteiger charge is -2.30. The van der Waals surface area contributed by atoms with Gasteiger partial charge in [0, 0.05) is 30.8 Å². The average molecular weight is 447 g/mol. The second-order valence-electron chi connectivity index (χ2n) is 8.17. The van der Waals surface area contributed by atoms with Gasteiger partial charge in [0.2, 0.25) is 17.7 Å². The highest BCUT2D eigenvalue weighted by molar-refractivity contribution is 6.02. The molecule has 0 saturated carbocycles. The highest BCUT2D eigenvalue weighted by Crippen LogP contribution is 2.21. The second-order valence-corrected chi connectivity index (χ2v) is 8.17. The third-order valence-electron chi connectivity index (χ3n) is 5.87. The standard InChI is InChI=1S/C25H26N4O4/c30-22(10-9-18-5-2-1-3-6-18)28-13-11-20(12-14-28)24(32)27-21-8-4-7-19(15-21)17-29-23(31)16-26-25(29)33/h1-10,15,20H,11-14,16-17H2,(H,26,33)(H,27,32)/b10-9+. The molecule has 0 unspecified atom stereocenters. The molecule has 8 nitrogen and oxygen atoms in total. The van der Waals surface area contributed by atoms with Crippen LogP contribution in [-0.4, -0.2) is 53.2 Å². The number of nitrogens with one attached hydrogen (secondary N) is 2. The molecule has 2 aromatic carbocycles. The molecule has 0 atom stereocenters. The zero-order valence-corrected chi connectivity index (χ0v) is 18.2. The van der Waals surface area contributed by atoms with Crippen molar-refractivity contribution in [1.82, 2.24) is 15.1 Å². The predicted octanol–water partition coefficient (Wildman–Crippen LogP) is 2.63. The van der Waals surface area contributed by atoms with Crippen molar-refractivity contribution < 1.29 is 19.2 Å². The number of anilines is 1. The number of carbonyl (C=O) groups excluding carboxylic acids is 4. The minimum atomic E-state index is -0.408. The molecule has 0 bridgehead atoms. The Balaban J connectivity index is 1.28. The maximum absolute atomic E-state index is 12.8. The summed E-state index contributed by atoms with van der Waals surface area (Å²) in [7, 11) is 0. The van der Waals surface area contributed by atoms with Crippen LogP contribution in [0.5, 0.6) is 0 Å². The van der Waals surface area contributed by atoms with E-state index in [1.807, 2.05) is 36.4 Å². The lowest BCUT2D eigenvalue weighted by atomic mass is 9.95. The van der Waals surface area contributed by atoms with E-state index in [4.69, 9.17) is 0 Å². The Hall–Kier alpha value is -3.94. The number of piperidine rings is 1. The Morgan fingerprint density at radius 2 is 1.79 bits per heavy atom. The first-order valence-electron chi connectivity index (χ1n) is 11.0. The largest absolute Gasteiger partial charge is 0.339 e. The number of amides is 5. The van der Waals surface area contributed by atoms with Gasteiger partial charge < -0.3 is 15.5 Å². The summed E-state index contributed by atoms with van der Waals surface area (Å²) in [6.45, 7) is 1.23. The SMILES string of the molecule is O=C(Nc1cccc(CN2C(=O)CNC2=O)c1)C1CCN(C(=O)/C=C/c2ccccc2)CC1. The first kappa shape index (κ1) is 22.3. The van der Waals surface area contributed by atoms with Gasteiger partial charge in [0.1, 0.15) is 0 Å². The third-order valence-corrected chi connectivity index (χ3v) is 5.87. The van der Waals surface area contributed by atoms with Crippen molar-refractivity contribution in [2.24, 2.45) is 5.92 Å². The van der Waals surface area contributed by atoms with Gasteiger partial charge in [-0.15, -0.1) is 0 Å². The molecule has 2 aliphatic rings. The Bertz CT molecular complexity index is 1060. The summed E-state index contributed by atoms with van der Waals surface area (Å²) in [4.78, 5) is 51.6. The summed E-state index contributed by atoms with van der Waals surface area (Å²) in [6.07, 6.45) is 4.57. The number of hydrogen-bond acceptors (Lipinski definition) is 4. The number of carbonyl (C=O) groups is 4. The number of rotatable bonds is 6. The van der Waals surface area contributed by atoms with Crippen molar-refractivity contribution in [3.05, 3.63) is 71.8 Å². The number of urea groups is 1. The number of hydrogen-bond donors (Lipinski definition) is 2. The predicted molar refractivity (Wildman–Crippen MR) is 124 cm³/mol. The summed E-state index contributed by atoms with van der Waals surface area (Å²) in [6, 6.07) is 16.4. The highest BCUT2D eigenvalue weighted by Gasteiger charge is 2.29. The number of imide groups is 1. The van der Waals surface area contributed by atoms with Gasteiger partial charge in [-0.3, -0.25) is 19.3 Å². The maximum atomic E-state index is 12.8. The van der Waals surface area contributed by atoms with Crippen molar-refractivity contribution in [2.45, 2.75) is 19.4 Å². The third kappa shape index (κ3) is 5.65. The monoisotopic (exact) mass is 446 g/mol. The van der Waals surface area contributed by atoms with Gasteiger partial charge in [0.05, 0.1) is 13.1 Å². The molecule has 2 N–H and O–H groups in total. The van der Waals surface area contributed by atoms with Crippen LogP contribution in [0.2, 0.25) is 0 Å². The van der Waals surface area contributed by atoms with E-state index in [0.29, 0.717) is 31.6 Å². The summed E-state index contributed by atoms with van der Waals surface area (Å²) >= 11 is 0. The van der Waals surface area contributed by atoms with Crippen LogP contribution in [0.4, 0.5) is 10.5 Å². The molecule has 5 amide bonds. The molecule has 2 fully saturated rings. The van der Waals surface area contributed by atoms with Gasteiger partial charge in [-0.25, -0.2) is 4.79 Å². The topological polar surface area (TPSA) is 98.8 Å². The Morgan fingerprint density at radius 1 is 1.03 bits per heavy atom. The molecule has 8 heteroatoms. The Morgan fingerprint density at radius 3 is 2.48 bits per heavy atom. The van der Waals surface area contributed by atoms with Crippen LogP contribution in [0.3, 0.4) is 0 Å². The summed E-state index contributed by atoms with van der Waals surface area (Å²) < 4.78 is 0. The van der Waals surface area contributed by atoms with Crippen LogP contribution in [0.15, 0.2) is 60.7 Å². The fraction of sp³-hybridized carbons (Fsp3) is 0.280. The number of benzene rings is 2. The maximum Gasteiger partial charge on any atom is 0.324 e. The molecule has 170 valence electrons.